The molecule has 0 spiro atoms. The number of alkyl halides is 3. The number of benzene rings is 1. The molecule has 0 aromatic heterocycles. The Hall–Kier alpha value is -1.37. The Kier molecular flexibility index (Phi) is 4.70. The molecule has 1 N–H and O–H groups in total. The molecule has 0 radical (unpaired) electrons. The van der Waals surface area contributed by atoms with Crippen LogP contribution >= 0.6 is 0 Å². The number of hydrogen-bond acceptors (Lipinski definition) is 2. The first kappa shape index (κ1) is 16.0. The Balaban J connectivity index is 2.04. The van der Waals surface area contributed by atoms with E-state index in [1.807, 2.05) is 0 Å². The zero-order chi connectivity index (χ0) is 15.6. The molecular formula is C14H17F5N2. The van der Waals surface area contributed by atoms with E-state index in [1.54, 1.807) is 0 Å². The van der Waals surface area contributed by atoms with Gasteiger partial charge in [0.25, 0.3) is 0 Å². The molecule has 1 saturated carbocycles. The van der Waals surface area contributed by atoms with Crippen molar-refractivity contribution in [1.29, 1.82) is 0 Å². The standard InChI is InChI=1S/C14H17F5N2/c1-21(5-4-14(17,18)19)13-11(15)6-9(7-12(13)16)8-20-10-2-3-10/h6-7,10,20H,2-5,8H2,1H3. The fourth-order valence-corrected chi connectivity index (χ4v) is 2.04. The Morgan fingerprint density at radius 3 is 2.24 bits per heavy atom. The minimum Gasteiger partial charge on any atom is -0.370 e. The van der Waals surface area contributed by atoms with Crippen LogP contribution in [0, 0.1) is 11.6 Å². The van der Waals surface area contributed by atoms with Crippen LogP contribution < -0.4 is 10.2 Å². The van der Waals surface area contributed by atoms with Gasteiger partial charge >= 0.3 is 6.18 Å². The summed E-state index contributed by atoms with van der Waals surface area (Å²) in [5, 5.41) is 3.13. The molecule has 1 aromatic rings. The number of halogens is 5. The highest BCUT2D eigenvalue weighted by molar-refractivity contribution is 5.50. The molecule has 7 heteroatoms. The molecule has 0 amide bonds. The molecule has 0 heterocycles. The minimum absolute atomic E-state index is 0.352. The number of anilines is 1. The van der Waals surface area contributed by atoms with E-state index in [0.717, 1.165) is 29.9 Å². The van der Waals surface area contributed by atoms with Crippen LogP contribution in [-0.4, -0.2) is 25.8 Å². The zero-order valence-corrected chi connectivity index (χ0v) is 11.6. The van der Waals surface area contributed by atoms with E-state index >= 15 is 0 Å². The van der Waals surface area contributed by atoms with E-state index in [1.165, 1.54) is 7.05 Å². The third kappa shape index (κ3) is 4.84. The molecule has 0 bridgehead atoms. The van der Waals surface area contributed by atoms with Crippen molar-refractivity contribution in [3.8, 4) is 0 Å². The van der Waals surface area contributed by atoms with Gasteiger partial charge in [0.2, 0.25) is 0 Å². The van der Waals surface area contributed by atoms with Gasteiger partial charge in [0, 0.05) is 26.2 Å². The third-order valence-corrected chi connectivity index (χ3v) is 3.36. The van der Waals surface area contributed by atoms with E-state index in [-0.39, 0.29) is 0 Å². The smallest absolute Gasteiger partial charge is 0.370 e. The van der Waals surface area contributed by atoms with Crippen LogP contribution in [0.3, 0.4) is 0 Å². The van der Waals surface area contributed by atoms with E-state index < -0.39 is 36.5 Å². The van der Waals surface area contributed by atoms with Crippen molar-refractivity contribution in [3.63, 3.8) is 0 Å². The highest BCUT2D eigenvalue weighted by atomic mass is 19.4. The Labute approximate surface area is 119 Å². The summed E-state index contributed by atoms with van der Waals surface area (Å²) < 4.78 is 64.3. The monoisotopic (exact) mass is 308 g/mol. The second-order valence-electron chi connectivity index (χ2n) is 5.35. The van der Waals surface area contributed by atoms with Gasteiger partial charge in [-0.1, -0.05) is 0 Å². The van der Waals surface area contributed by atoms with Gasteiger partial charge in [0.05, 0.1) is 6.42 Å². The van der Waals surface area contributed by atoms with Crippen LogP contribution in [0.25, 0.3) is 0 Å². The molecule has 1 aliphatic rings. The quantitative estimate of drug-likeness (QED) is 0.808. The summed E-state index contributed by atoms with van der Waals surface area (Å²) in [4.78, 5) is 0.955. The van der Waals surface area contributed by atoms with Gasteiger partial charge in [-0.3, -0.25) is 0 Å². The first-order chi connectivity index (χ1) is 9.76. The Bertz CT molecular complexity index is 474. The Morgan fingerprint density at radius 1 is 1.19 bits per heavy atom. The average molecular weight is 308 g/mol. The summed E-state index contributed by atoms with van der Waals surface area (Å²) in [6, 6.07) is 2.74. The zero-order valence-electron chi connectivity index (χ0n) is 11.6. The van der Waals surface area contributed by atoms with Crippen LogP contribution in [-0.2, 0) is 6.54 Å². The summed E-state index contributed by atoms with van der Waals surface area (Å²) >= 11 is 0. The first-order valence-corrected chi connectivity index (χ1v) is 6.75. The van der Waals surface area contributed by atoms with Crippen molar-refractivity contribution in [1.82, 2.24) is 5.32 Å². The maximum absolute atomic E-state index is 13.9. The van der Waals surface area contributed by atoms with Crippen molar-refractivity contribution in [2.75, 3.05) is 18.5 Å². The average Bonchev–Trinajstić information content (AvgIpc) is 3.16. The summed E-state index contributed by atoms with van der Waals surface area (Å²) in [6.07, 6.45) is -3.35. The van der Waals surface area contributed by atoms with Crippen molar-refractivity contribution < 1.29 is 22.0 Å². The van der Waals surface area contributed by atoms with E-state index in [2.05, 4.69) is 5.32 Å². The predicted molar refractivity (Wildman–Crippen MR) is 70.2 cm³/mol. The molecule has 21 heavy (non-hydrogen) atoms. The van der Waals surface area contributed by atoms with Crippen molar-refractivity contribution >= 4 is 5.69 Å². The van der Waals surface area contributed by atoms with E-state index in [9.17, 15) is 22.0 Å². The van der Waals surface area contributed by atoms with Crippen molar-refractivity contribution in [2.45, 2.75) is 38.0 Å². The van der Waals surface area contributed by atoms with Gasteiger partial charge in [-0.15, -0.1) is 0 Å². The van der Waals surface area contributed by atoms with Crippen LogP contribution in [0.5, 0.6) is 0 Å². The van der Waals surface area contributed by atoms with Crippen LogP contribution in [0.15, 0.2) is 12.1 Å². The van der Waals surface area contributed by atoms with Gasteiger partial charge in [-0.05, 0) is 30.5 Å². The molecule has 0 unspecified atom stereocenters. The lowest BCUT2D eigenvalue weighted by molar-refractivity contribution is -0.132. The number of hydrogen-bond donors (Lipinski definition) is 1. The number of nitrogens with one attached hydrogen (secondary N) is 1. The van der Waals surface area contributed by atoms with Gasteiger partial charge in [0.1, 0.15) is 17.3 Å². The number of rotatable bonds is 6. The van der Waals surface area contributed by atoms with E-state index in [4.69, 9.17) is 0 Å². The topological polar surface area (TPSA) is 15.3 Å². The summed E-state index contributed by atoms with van der Waals surface area (Å²) in [5.74, 6) is -1.68. The lowest BCUT2D eigenvalue weighted by Gasteiger charge is -2.22. The third-order valence-electron chi connectivity index (χ3n) is 3.36. The normalized spacial score (nSPS) is 15.3. The van der Waals surface area contributed by atoms with Crippen molar-refractivity contribution in [3.05, 3.63) is 29.3 Å². The first-order valence-electron chi connectivity index (χ1n) is 6.75. The van der Waals surface area contributed by atoms with Gasteiger partial charge < -0.3 is 10.2 Å². The maximum Gasteiger partial charge on any atom is 0.390 e. The van der Waals surface area contributed by atoms with Gasteiger partial charge in [0.15, 0.2) is 0 Å². The molecule has 1 aromatic carbocycles. The summed E-state index contributed by atoms with van der Waals surface area (Å²) in [6.45, 7) is -0.137. The number of nitrogens with zero attached hydrogens (tertiary/aromatic N) is 1. The Morgan fingerprint density at radius 2 is 1.76 bits per heavy atom. The van der Waals surface area contributed by atoms with Crippen LogP contribution in [0.4, 0.5) is 27.6 Å². The van der Waals surface area contributed by atoms with Gasteiger partial charge in [-0.2, -0.15) is 13.2 Å². The molecule has 1 fully saturated rings. The van der Waals surface area contributed by atoms with Crippen LogP contribution in [0.1, 0.15) is 24.8 Å². The predicted octanol–water partition coefficient (Wildman–Crippen LogP) is 3.61. The maximum atomic E-state index is 13.9. The highest BCUT2D eigenvalue weighted by Gasteiger charge is 2.28. The fourth-order valence-electron chi connectivity index (χ4n) is 2.04. The van der Waals surface area contributed by atoms with E-state index in [0.29, 0.717) is 18.2 Å². The highest BCUT2D eigenvalue weighted by Crippen LogP contribution is 2.27. The molecule has 2 rings (SSSR count). The molecule has 1 aliphatic carbocycles. The SMILES string of the molecule is CN(CCC(F)(F)F)c1c(F)cc(CNC2CC2)cc1F. The second-order valence-corrected chi connectivity index (χ2v) is 5.35. The fraction of sp³-hybridized carbons (Fsp3) is 0.571. The molecule has 118 valence electrons. The molecular weight excluding hydrogens is 291 g/mol. The summed E-state index contributed by atoms with van der Waals surface area (Å²) in [5.41, 5.74) is 0.0271. The molecule has 0 aliphatic heterocycles. The second kappa shape index (κ2) is 6.17. The van der Waals surface area contributed by atoms with Crippen molar-refractivity contribution in [2.24, 2.45) is 0 Å². The van der Waals surface area contributed by atoms with Gasteiger partial charge in [-0.25, -0.2) is 8.78 Å². The molecule has 0 atom stereocenters. The van der Waals surface area contributed by atoms with Crippen LogP contribution in [0.2, 0.25) is 0 Å². The lowest BCUT2D eigenvalue weighted by Crippen LogP contribution is -2.26. The molecule has 2 nitrogen and oxygen atoms in total. The minimum atomic E-state index is -4.35. The lowest BCUT2D eigenvalue weighted by atomic mass is 10.1. The largest absolute Gasteiger partial charge is 0.390 e. The molecule has 0 saturated heterocycles. The summed E-state index contributed by atoms with van der Waals surface area (Å²) in [7, 11) is 1.25.